The third-order valence-corrected chi connectivity index (χ3v) is 4.66. The number of ether oxygens (including phenoxy) is 2. The van der Waals surface area contributed by atoms with Gasteiger partial charge >= 0.3 is 0 Å². The van der Waals surface area contributed by atoms with Crippen molar-refractivity contribution in [2.24, 2.45) is 0 Å². The summed E-state index contributed by atoms with van der Waals surface area (Å²) in [6, 6.07) is 14.2. The van der Waals surface area contributed by atoms with Crippen LogP contribution in [0.5, 0.6) is 11.5 Å². The number of benzene rings is 2. The Morgan fingerprint density at radius 1 is 1.15 bits per heavy atom. The summed E-state index contributed by atoms with van der Waals surface area (Å²) in [5, 5.41) is 0. The Labute approximate surface area is 153 Å². The highest BCUT2D eigenvalue weighted by Crippen LogP contribution is 2.25. The first-order valence-corrected chi connectivity index (χ1v) is 8.76. The van der Waals surface area contributed by atoms with Gasteiger partial charge < -0.3 is 14.4 Å². The number of hydrogen-bond donors (Lipinski definition) is 0. The second-order valence-corrected chi connectivity index (χ2v) is 6.40. The number of ketones is 1. The highest BCUT2D eigenvalue weighted by molar-refractivity contribution is 6.02. The zero-order valence-electron chi connectivity index (χ0n) is 15.1. The van der Waals surface area contributed by atoms with Crippen LogP contribution in [0.1, 0.15) is 28.8 Å². The van der Waals surface area contributed by atoms with E-state index in [0.717, 1.165) is 17.7 Å². The Hall–Kier alpha value is -2.82. The van der Waals surface area contributed by atoms with E-state index in [2.05, 4.69) is 0 Å². The molecule has 5 nitrogen and oxygen atoms in total. The van der Waals surface area contributed by atoms with E-state index in [1.165, 1.54) is 0 Å². The monoisotopic (exact) mass is 353 g/mol. The molecule has 1 saturated heterocycles. The normalized spacial score (nSPS) is 16.4. The average Bonchev–Trinajstić information content (AvgIpc) is 3.16. The van der Waals surface area contributed by atoms with Crippen LogP contribution in [-0.2, 0) is 4.79 Å². The molecule has 1 unspecified atom stereocenters. The number of methoxy groups -OCH3 is 1. The van der Waals surface area contributed by atoms with E-state index in [4.69, 9.17) is 9.47 Å². The van der Waals surface area contributed by atoms with Crippen molar-refractivity contribution in [3.8, 4) is 11.5 Å². The average molecular weight is 353 g/mol. The molecule has 0 N–H and O–H groups in total. The summed E-state index contributed by atoms with van der Waals surface area (Å²) >= 11 is 0. The lowest BCUT2D eigenvalue weighted by molar-refractivity contribution is -0.133. The van der Waals surface area contributed by atoms with Crippen molar-refractivity contribution in [2.45, 2.75) is 25.8 Å². The van der Waals surface area contributed by atoms with Crippen LogP contribution in [0.15, 0.2) is 48.5 Å². The molecule has 136 valence electrons. The van der Waals surface area contributed by atoms with Crippen LogP contribution < -0.4 is 9.47 Å². The molecule has 0 bridgehead atoms. The summed E-state index contributed by atoms with van der Waals surface area (Å²) in [6.45, 7) is 2.43. The van der Waals surface area contributed by atoms with Gasteiger partial charge in [-0.05, 0) is 55.7 Å². The molecule has 26 heavy (non-hydrogen) atoms. The standard InChI is InChI=1S/C21H23NO4/c1-15-13-16(10-11-19(15)25-2)21(24)18-9-6-12-22(18)20(23)14-26-17-7-4-3-5-8-17/h3-5,7-8,10-11,13,18H,6,9,12,14H2,1-2H3. The number of amides is 1. The van der Waals surface area contributed by atoms with E-state index in [1.54, 1.807) is 36.3 Å². The molecule has 0 spiro atoms. The fraction of sp³-hybridized carbons (Fsp3) is 0.333. The van der Waals surface area contributed by atoms with Crippen LogP contribution in [0.2, 0.25) is 0 Å². The number of carbonyl (C=O) groups excluding carboxylic acids is 2. The molecular weight excluding hydrogens is 330 g/mol. The second-order valence-electron chi connectivity index (χ2n) is 6.40. The molecule has 0 aromatic heterocycles. The lowest BCUT2D eigenvalue weighted by Gasteiger charge is -2.24. The van der Waals surface area contributed by atoms with Crippen molar-refractivity contribution in [3.63, 3.8) is 0 Å². The summed E-state index contributed by atoms with van der Waals surface area (Å²) in [4.78, 5) is 27.1. The van der Waals surface area contributed by atoms with Gasteiger partial charge in [-0.25, -0.2) is 0 Å². The molecule has 1 aliphatic rings. The van der Waals surface area contributed by atoms with Gasteiger partial charge in [0.2, 0.25) is 0 Å². The van der Waals surface area contributed by atoms with Gasteiger partial charge in [-0.3, -0.25) is 9.59 Å². The van der Waals surface area contributed by atoms with E-state index in [9.17, 15) is 9.59 Å². The van der Waals surface area contributed by atoms with E-state index in [-0.39, 0.29) is 18.3 Å². The predicted octanol–water partition coefficient (Wildman–Crippen LogP) is 3.26. The number of rotatable bonds is 6. The lowest BCUT2D eigenvalue weighted by Crippen LogP contribution is -2.42. The Morgan fingerprint density at radius 2 is 1.92 bits per heavy atom. The molecule has 2 aromatic rings. The minimum Gasteiger partial charge on any atom is -0.496 e. The van der Waals surface area contributed by atoms with Gasteiger partial charge in [0.1, 0.15) is 11.5 Å². The first kappa shape index (κ1) is 18.0. The predicted molar refractivity (Wildman–Crippen MR) is 98.7 cm³/mol. The molecule has 1 heterocycles. The van der Waals surface area contributed by atoms with Gasteiger partial charge in [-0.15, -0.1) is 0 Å². The Kier molecular flexibility index (Phi) is 5.56. The highest BCUT2D eigenvalue weighted by Gasteiger charge is 2.34. The lowest BCUT2D eigenvalue weighted by atomic mass is 10.00. The summed E-state index contributed by atoms with van der Waals surface area (Å²) in [5.74, 6) is 1.21. The largest absolute Gasteiger partial charge is 0.496 e. The number of para-hydroxylation sites is 1. The molecular formula is C21H23NO4. The fourth-order valence-corrected chi connectivity index (χ4v) is 3.31. The molecule has 5 heteroatoms. The molecule has 1 aliphatic heterocycles. The van der Waals surface area contributed by atoms with Crippen LogP contribution in [-0.4, -0.2) is 42.9 Å². The SMILES string of the molecule is COc1ccc(C(=O)C2CCCN2C(=O)COc2ccccc2)cc1C. The number of Topliss-reactive ketones (excluding diaryl/α,β-unsaturated/α-hetero) is 1. The maximum atomic E-state index is 12.9. The molecule has 0 saturated carbocycles. The van der Waals surface area contributed by atoms with Crippen LogP contribution in [0.3, 0.4) is 0 Å². The number of carbonyl (C=O) groups is 2. The number of likely N-dealkylation sites (tertiary alicyclic amines) is 1. The number of aryl methyl sites for hydroxylation is 1. The second kappa shape index (κ2) is 8.04. The summed E-state index contributed by atoms with van der Waals surface area (Å²) in [7, 11) is 1.61. The fourth-order valence-electron chi connectivity index (χ4n) is 3.31. The molecule has 3 rings (SSSR count). The first-order chi connectivity index (χ1) is 12.6. The maximum absolute atomic E-state index is 12.9. The van der Waals surface area contributed by atoms with Crippen molar-refractivity contribution in [1.82, 2.24) is 4.90 Å². The minimum absolute atomic E-state index is 0.0266. The summed E-state index contributed by atoms with van der Waals surface area (Å²) in [5.41, 5.74) is 1.51. The van der Waals surface area contributed by atoms with Crippen molar-refractivity contribution in [3.05, 3.63) is 59.7 Å². The van der Waals surface area contributed by atoms with Gasteiger partial charge in [0.25, 0.3) is 5.91 Å². The van der Waals surface area contributed by atoms with Gasteiger partial charge in [0, 0.05) is 12.1 Å². The number of hydrogen-bond acceptors (Lipinski definition) is 4. The third kappa shape index (κ3) is 3.87. The minimum atomic E-state index is -0.422. The van der Waals surface area contributed by atoms with Crippen LogP contribution in [0.25, 0.3) is 0 Å². The first-order valence-electron chi connectivity index (χ1n) is 8.76. The van der Waals surface area contributed by atoms with E-state index in [0.29, 0.717) is 24.3 Å². The topological polar surface area (TPSA) is 55.8 Å². The van der Waals surface area contributed by atoms with Crippen molar-refractivity contribution in [2.75, 3.05) is 20.3 Å². The van der Waals surface area contributed by atoms with Crippen molar-refractivity contribution in [1.29, 1.82) is 0 Å². The zero-order valence-corrected chi connectivity index (χ0v) is 15.1. The highest BCUT2D eigenvalue weighted by atomic mass is 16.5. The quantitative estimate of drug-likeness (QED) is 0.748. The molecule has 1 amide bonds. The van der Waals surface area contributed by atoms with Crippen molar-refractivity contribution < 1.29 is 19.1 Å². The molecule has 1 atom stereocenters. The third-order valence-electron chi connectivity index (χ3n) is 4.66. The van der Waals surface area contributed by atoms with Crippen molar-refractivity contribution >= 4 is 11.7 Å². The number of nitrogens with zero attached hydrogens (tertiary/aromatic N) is 1. The van der Waals surface area contributed by atoms with E-state index < -0.39 is 6.04 Å². The zero-order chi connectivity index (χ0) is 18.5. The summed E-state index contributed by atoms with van der Waals surface area (Å²) < 4.78 is 10.8. The molecule has 2 aromatic carbocycles. The Bertz CT molecular complexity index is 788. The maximum Gasteiger partial charge on any atom is 0.261 e. The van der Waals surface area contributed by atoms with Crippen LogP contribution in [0.4, 0.5) is 0 Å². The smallest absolute Gasteiger partial charge is 0.261 e. The molecule has 1 fully saturated rings. The van der Waals surface area contributed by atoms with Gasteiger partial charge in [-0.1, -0.05) is 18.2 Å². The Morgan fingerprint density at radius 3 is 2.62 bits per heavy atom. The van der Waals surface area contributed by atoms with Gasteiger partial charge in [0.15, 0.2) is 12.4 Å². The van der Waals surface area contributed by atoms with Crippen LogP contribution in [0, 0.1) is 6.92 Å². The summed E-state index contributed by atoms with van der Waals surface area (Å²) in [6.07, 6.45) is 1.50. The van der Waals surface area contributed by atoms with E-state index in [1.807, 2.05) is 31.2 Å². The van der Waals surface area contributed by atoms with Gasteiger partial charge in [-0.2, -0.15) is 0 Å². The van der Waals surface area contributed by atoms with E-state index >= 15 is 0 Å². The van der Waals surface area contributed by atoms with Gasteiger partial charge in [0.05, 0.1) is 13.2 Å². The Balaban J connectivity index is 1.68. The molecule has 0 aliphatic carbocycles. The molecule has 0 radical (unpaired) electrons. The van der Waals surface area contributed by atoms with Crippen LogP contribution >= 0.6 is 0 Å².